The van der Waals surface area contributed by atoms with E-state index in [0.717, 1.165) is 15.6 Å². The third-order valence-electron chi connectivity index (χ3n) is 7.97. The standard InChI is InChI=1S/C36H36BrN5O6/c1-45-31-17-12-24(22-32(31)46-2)18-19-39-35(44)36(23-26-8-3-5-10-29(26)37)33(28-9-4-6-11-30(28)41-42-38)48-34(40-36)25-13-15-27(16-14-25)47-21-7-20-43/h3-6,8-17,22,33,43H,7,18-21,23H2,1-2H3,(H,39,44)/t33-,36-/m1/s1. The molecular weight excluding hydrogens is 678 g/mol. The lowest BCUT2D eigenvalue weighted by molar-refractivity contribution is -0.128. The van der Waals surface area contributed by atoms with Gasteiger partial charge in [0, 0.05) is 52.2 Å². The fourth-order valence-electron chi connectivity index (χ4n) is 5.55. The number of rotatable bonds is 15. The second-order valence-electron chi connectivity index (χ2n) is 11.0. The van der Waals surface area contributed by atoms with Gasteiger partial charge in [-0.15, -0.1) is 0 Å². The zero-order valence-electron chi connectivity index (χ0n) is 26.6. The van der Waals surface area contributed by atoms with Gasteiger partial charge in [-0.3, -0.25) is 4.79 Å². The molecule has 48 heavy (non-hydrogen) atoms. The Morgan fingerprint density at radius 3 is 2.52 bits per heavy atom. The fourth-order valence-corrected chi connectivity index (χ4v) is 5.97. The summed E-state index contributed by atoms with van der Waals surface area (Å²) < 4.78 is 24.0. The Balaban J connectivity index is 1.55. The molecule has 0 unspecified atom stereocenters. The minimum absolute atomic E-state index is 0.0391. The summed E-state index contributed by atoms with van der Waals surface area (Å²) in [5, 5.41) is 16.1. The monoisotopic (exact) mass is 713 g/mol. The summed E-state index contributed by atoms with van der Waals surface area (Å²) >= 11 is 3.66. The first-order valence-electron chi connectivity index (χ1n) is 15.4. The van der Waals surface area contributed by atoms with Gasteiger partial charge in [-0.25, -0.2) is 4.99 Å². The van der Waals surface area contributed by atoms with Crippen molar-refractivity contribution in [3.63, 3.8) is 0 Å². The highest BCUT2D eigenvalue weighted by Gasteiger charge is 2.54. The first kappa shape index (κ1) is 34.3. The molecule has 1 amide bonds. The third kappa shape index (κ3) is 7.74. The number of ether oxygens (including phenoxy) is 4. The molecule has 0 bridgehead atoms. The van der Waals surface area contributed by atoms with Crippen molar-refractivity contribution in [3.8, 4) is 17.2 Å². The molecule has 12 heteroatoms. The molecule has 1 heterocycles. The minimum atomic E-state index is -1.49. The number of hydrogen-bond acceptors (Lipinski definition) is 8. The normalized spacial score (nSPS) is 16.7. The predicted molar refractivity (Wildman–Crippen MR) is 186 cm³/mol. The van der Waals surface area contributed by atoms with Crippen molar-refractivity contribution in [2.45, 2.75) is 30.9 Å². The van der Waals surface area contributed by atoms with Crippen LogP contribution in [0.15, 0.2) is 106 Å². The van der Waals surface area contributed by atoms with Crippen molar-refractivity contribution in [1.29, 1.82) is 0 Å². The Morgan fingerprint density at radius 1 is 1.04 bits per heavy atom. The molecule has 4 aromatic carbocycles. The van der Waals surface area contributed by atoms with E-state index in [2.05, 4.69) is 31.3 Å². The maximum absolute atomic E-state index is 14.6. The number of methoxy groups -OCH3 is 2. The van der Waals surface area contributed by atoms with Gasteiger partial charge in [-0.05, 0) is 65.5 Å². The van der Waals surface area contributed by atoms with Crippen LogP contribution in [-0.2, 0) is 22.4 Å². The highest BCUT2D eigenvalue weighted by atomic mass is 79.9. The summed E-state index contributed by atoms with van der Waals surface area (Å²) in [5.74, 6) is 1.76. The summed E-state index contributed by atoms with van der Waals surface area (Å²) in [4.78, 5) is 22.7. The molecule has 5 rings (SSSR count). The number of carbonyl (C=O) groups is 1. The van der Waals surface area contributed by atoms with Crippen LogP contribution in [-0.4, -0.2) is 56.4 Å². The van der Waals surface area contributed by atoms with Gasteiger partial charge in [0.25, 0.3) is 5.91 Å². The van der Waals surface area contributed by atoms with E-state index < -0.39 is 11.6 Å². The Labute approximate surface area is 287 Å². The van der Waals surface area contributed by atoms with E-state index in [-0.39, 0.29) is 24.8 Å². The molecular formula is C36H36BrN5O6. The zero-order chi connectivity index (χ0) is 33.9. The molecule has 4 aromatic rings. The Bertz CT molecular complexity index is 1810. The van der Waals surface area contributed by atoms with Crippen LogP contribution in [0.25, 0.3) is 10.4 Å². The molecule has 0 saturated heterocycles. The average molecular weight is 715 g/mol. The Kier molecular flexibility index (Phi) is 11.6. The lowest BCUT2D eigenvalue weighted by atomic mass is 9.81. The number of hydrogen-bond donors (Lipinski definition) is 2. The molecule has 1 aliphatic heterocycles. The van der Waals surface area contributed by atoms with Gasteiger partial charge < -0.3 is 29.4 Å². The molecule has 0 saturated carbocycles. The maximum atomic E-state index is 14.6. The van der Waals surface area contributed by atoms with E-state index in [1.54, 1.807) is 44.6 Å². The van der Waals surface area contributed by atoms with Crippen molar-refractivity contribution < 1.29 is 28.8 Å². The molecule has 0 radical (unpaired) electrons. The number of halogens is 1. The van der Waals surface area contributed by atoms with Crippen molar-refractivity contribution in [3.05, 3.63) is 128 Å². The number of nitrogens with one attached hydrogen (secondary N) is 1. The highest BCUT2D eigenvalue weighted by Crippen LogP contribution is 2.46. The smallest absolute Gasteiger partial charge is 0.252 e. The summed E-state index contributed by atoms with van der Waals surface area (Å²) in [6, 6.07) is 27.6. The number of amides is 1. The quantitative estimate of drug-likeness (QED) is 0.0585. The van der Waals surface area contributed by atoms with Crippen LogP contribution in [0.4, 0.5) is 5.69 Å². The van der Waals surface area contributed by atoms with Crippen LogP contribution >= 0.6 is 15.9 Å². The molecule has 0 spiro atoms. The first-order chi connectivity index (χ1) is 23.4. The third-order valence-corrected chi connectivity index (χ3v) is 8.74. The van der Waals surface area contributed by atoms with Crippen LogP contribution < -0.4 is 19.5 Å². The number of azide groups is 1. The topological polar surface area (TPSA) is 147 Å². The van der Waals surface area contributed by atoms with Crippen LogP contribution in [0.5, 0.6) is 17.2 Å². The Morgan fingerprint density at radius 2 is 1.79 bits per heavy atom. The predicted octanol–water partition coefficient (Wildman–Crippen LogP) is 7.03. The van der Waals surface area contributed by atoms with E-state index >= 15 is 0 Å². The number of nitrogens with zero attached hydrogens (tertiary/aromatic N) is 4. The highest BCUT2D eigenvalue weighted by molar-refractivity contribution is 9.10. The van der Waals surface area contributed by atoms with E-state index in [1.807, 2.05) is 60.7 Å². The molecule has 11 nitrogen and oxygen atoms in total. The lowest BCUT2D eigenvalue weighted by Crippen LogP contribution is -2.50. The van der Waals surface area contributed by atoms with Crippen LogP contribution in [0.1, 0.15) is 34.8 Å². The van der Waals surface area contributed by atoms with Crippen LogP contribution in [0.3, 0.4) is 0 Å². The Hall–Kier alpha value is -5.03. The van der Waals surface area contributed by atoms with Gasteiger partial charge in [0.2, 0.25) is 5.90 Å². The van der Waals surface area contributed by atoms with Gasteiger partial charge >= 0.3 is 0 Å². The van der Waals surface area contributed by atoms with Crippen LogP contribution in [0, 0.1) is 0 Å². The average Bonchev–Trinajstić information content (AvgIpc) is 3.50. The van der Waals surface area contributed by atoms with Crippen molar-refractivity contribution >= 4 is 33.4 Å². The van der Waals surface area contributed by atoms with Crippen molar-refractivity contribution in [1.82, 2.24) is 5.32 Å². The summed E-state index contributed by atoms with van der Waals surface area (Å²) in [5.41, 5.74) is 11.2. The molecule has 1 aliphatic rings. The number of benzene rings is 4. The maximum Gasteiger partial charge on any atom is 0.252 e. The van der Waals surface area contributed by atoms with Gasteiger partial charge in [-0.1, -0.05) is 69.6 Å². The largest absolute Gasteiger partial charge is 0.494 e. The second-order valence-corrected chi connectivity index (χ2v) is 11.9. The minimum Gasteiger partial charge on any atom is -0.494 e. The molecule has 0 fully saturated rings. The summed E-state index contributed by atoms with van der Waals surface area (Å²) in [6.07, 6.45) is 0.273. The SMILES string of the molecule is COc1ccc(CCNC(=O)[C@]2(Cc3ccccc3Br)N=C(c3ccc(OCCCO)cc3)O[C@@H]2c2ccccc2N=[N+]=[N-])cc1OC. The van der Waals surface area contributed by atoms with E-state index in [9.17, 15) is 10.3 Å². The molecule has 248 valence electrons. The zero-order valence-corrected chi connectivity index (χ0v) is 28.2. The lowest BCUT2D eigenvalue weighted by Gasteiger charge is -2.31. The van der Waals surface area contributed by atoms with Crippen molar-refractivity contribution in [2.75, 3.05) is 34.0 Å². The molecule has 2 atom stereocenters. The number of aliphatic imine (C=N–C) groups is 1. The molecule has 0 aromatic heterocycles. The number of aliphatic hydroxyl groups is 1. The molecule has 0 aliphatic carbocycles. The van der Waals surface area contributed by atoms with Crippen molar-refractivity contribution in [2.24, 2.45) is 10.1 Å². The van der Waals surface area contributed by atoms with E-state index in [0.29, 0.717) is 60.1 Å². The van der Waals surface area contributed by atoms with E-state index in [4.69, 9.17) is 29.0 Å². The molecule has 2 N–H and O–H groups in total. The second kappa shape index (κ2) is 16.2. The summed E-state index contributed by atoms with van der Waals surface area (Å²) in [7, 11) is 3.16. The van der Waals surface area contributed by atoms with Gasteiger partial charge in [0.1, 0.15) is 5.75 Å². The van der Waals surface area contributed by atoms with E-state index in [1.165, 1.54) is 0 Å². The van der Waals surface area contributed by atoms with Gasteiger partial charge in [-0.2, -0.15) is 0 Å². The van der Waals surface area contributed by atoms with Gasteiger partial charge in [0.15, 0.2) is 23.1 Å². The summed E-state index contributed by atoms with van der Waals surface area (Å²) in [6.45, 7) is 0.725. The first-order valence-corrected chi connectivity index (χ1v) is 16.2. The van der Waals surface area contributed by atoms with Crippen LogP contribution in [0.2, 0.25) is 0 Å². The van der Waals surface area contributed by atoms with Gasteiger partial charge in [0.05, 0.1) is 20.8 Å². The fraction of sp³-hybridized carbons (Fsp3) is 0.278. The number of carbonyl (C=O) groups excluding carboxylic acids is 1. The number of aliphatic hydroxyl groups excluding tert-OH is 1.